The monoisotopic (exact) mass is 562 g/mol. The maximum atomic E-state index is 13.4. The standard InChI is InChI=1S/C26H29F3N6O3S/c1-6-7-13-35-23(39-22(34-35)25(3,4)5)32-21(36)19-14-17(26(27,28)29)11-12-20(19)38-24(37)33-30-15-18-10-8-9-16(2)31-18/h8-12,14-15H,6-7,13H2,1-5H3,(H,33,37)/b30-15+,32-23?. The van der Waals surface area contributed by atoms with E-state index in [1.54, 1.807) is 29.8 Å². The second-order valence-electron chi connectivity index (χ2n) is 9.61. The number of carbonyl (C=O) groups is 2. The Balaban J connectivity index is 1.94. The predicted octanol–water partition coefficient (Wildman–Crippen LogP) is 5.63. The normalized spacial score (nSPS) is 12.7. The van der Waals surface area contributed by atoms with Gasteiger partial charge in [-0.2, -0.15) is 28.4 Å². The number of nitrogens with zero attached hydrogens (tertiary/aromatic N) is 5. The zero-order valence-corrected chi connectivity index (χ0v) is 23.0. The molecule has 0 bridgehead atoms. The molecule has 1 aromatic carbocycles. The number of halogens is 3. The van der Waals surface area contributed by atoms with Crippen LogP contribution in [0.3, 0.4) is 0 Å². The number of hydrogen-bond acceptors (Lipinski definition) is 7. The summed E-state index contributed by atoms with van der Waals surface area (Å²) in [7, 11) is 0. The van der Waals surface area contributed by atoms with E-state index in [9.17, 15) is 22.8 Å². The van der Waals surface area contributed by atoms with Crippen LogP contribution in [-0.2, 0) is 18.1 Å². The summed E-state index contributed by atoms with van der Waals surface area (Å²) >= 11 is 1.18. The molecule has 0 radical (unpaired) electrons. The highest BCUT2D eigenvalue weighted by atomic mass is 32.1. The number of nitrogens with one attached hydrogen (secondary N) is 1. The molecule has 3 rings (SSSR count). The van der Waals surface area contributed by atoms with Gasteiger partial charge in [0.05, 0.1) is 23.0 Å². The maximum absolute atomic E-state index is 13.4. The van der Waals surface area contributed by atoms with Crippen LogP contribution in [0, 0.1) is 6.92 Å². The quantitative estimate of drug-likeness (QED) is 0.297. The van der Waals surface area contributed by atoms with Crippen LogP contribution >= 0.6 is 11.3 Å². The lowest BCUT2D eigenvalue weighted by Crippen LogP contribution is -2.23. The van der Waals surface area contributed by atoms with Crippen LogP contribution in [0.2, 0.25) is 0 Å². The van der Waals surface area contributed by atoms with Gasteiger partial charge in [0.1, 0.15) is 10.8 Å². The largest absolute Gasteiger partial charge is 0.433 e. The molecule has 0 aliphatic rings. The minimum Gasteiger partial charge on any atom is -0.408 e. The number of aromatic nitrogens is 3. The van der Waals surface area contributed by atoms with E-state index in [1.165, 1.54) is 17.6 Å². The lowest BCUT2D eigenvalue weighted by Gasteiger charge is -2.12. The summed E-state index contributed by atoms with van der Waals surface area (Å²) in [5, 5.41) is 9.00. The van der Waals surface area contributed by atoms with E-state index in [1.807, 2.05) is 27.7 Å². The summed E-state index contributed by atoms with van der Waals surface area (Å²) in [6, 6.07) is 7.42. The van der Waals surface area contributed by atoms with Gasteiger partial charge < -0.3 is 4.74 Å². The fourth-order valence-corrected chi connectivity index (χ4v) is 4.15. The van der Waals surface area contributed by atoms with Crippen molar-refractivity contribution in [2.24, 2.45) is 10.1 Å². The highest BCUT2D eigenvalue weighted by Gasteiger charge is 2.32. The number of aryl methyl sites for hydroxylation is 2. The Morgan fingerprint density at radius 2 is 1.92 bits per heavy atom. The van der Waals surface area contributed by atoms with Crippen molar-refractivity contribution in [1.82, 2.24) is 20.2 Å². The van der Waals surface area contributed by atoms with E-state index in [-0.39, 0.29) is 10.2 Å². The van der Waals surface area contributed by atoms with Gasteiger partial charge in [0.2, 0.25) is 4.80 Å². The molecular formula is C26H29F3N6O3S. The molecule has 2 amide bonds. The molecule has 0 saturated carbocycles. The number of alkyl halides is 3. The first-order valence-corrected chi connectivity index (χ1v) is 12.9. The number of benzene rings is 1. The average Bonchev–Trinajstić information content (AvgIpc) is 3.25. The number of ether oxygens (including phenoxy) is 1. The average molecular weight is 563 g/mol. The van der Waals surface area contributed by atoms with Crippen LogP contribution in [0.25, 0.3) is 0 Å². The van der Waals surface area contributed by atoms with E-state index < -0.39 is 35.1 Å². The van der Waals surface area contributed by atoms with Crippen LogP contribution in [0.15, 0.2) is 46.5 Å². The maximum Gasteiger partial charge on any atom is 0.433 e. The number of carbonyl (C=O) groups excluding carboxylic acids is 2. The number of rotatable bonds is 7. The minimum atomic E-state index is -4.73. The molecule has 0 aliphatic carbocycles. The van der Waals surface area contributed by atoms with Crippen molar-refractivity contribution in [3.8, 4) is 5.75 Å². The zero-order chi connectivity index (χ0) is 28.8. The van der Waals surface area contributed by atoms with Crippen molar-refractivity contribution in [3.63, 3.8) is 0 Å². The van der Waals surface area contributed by atoms with E-state index in [0.29, 0.717) is 29.4 Å². The third-order valence-corrected chi connectivity index (χ3v) is 6.56. The lowest BCUT2D eigenvalue weighted by molar-refractivity contribution is -0.137. The van der Waals surface area contributed by atoms with Gasteiger partial charge >= 0.3 is 12.3 Å². The van der Waals surface area contributed by atoms with Crippen LogP contribution in [0.1, 0.15) is 72.9 Å². The van der Waals surface area contributed by atoms with Gasteiger partial charge in [0, 0.05) is 17.7 Å². The van der Waals surface area contributed by atoms with Crippen molar-refractivity contribution in [2.75, 3.05) is 0 Å². The Morgan fingerprint density at radius 1 is 1.18 bits per heavy atom. The second-order valence-corrected chi connectivity index (χ2v) is 10.6. The molecule has 0 unspecified atom stereocenters. The molecule has 0 aliphatic heterocycles. The molecule has 13 heteroatoms. The van der Waals surface area contributed by atoms with Crippen LogP contribution in [-0.4, -0.2) is 33.0 Å². The third-order valence-electron chi connectivity index (χ3n) is 5.19. The summed E-state index contributed by atoms with van der Waals surface area (Å²) in [5.41, 5.74) is 1.37. The molecule has 39 heavy (non-hydrogen) atoms. The van der Waals surface area contributed by atoms with Crippen molar-refractivity contribution in [3.05, 3.63) is 68.7 Å². The third kappa shape index (κ3) is 8.31. The highest BCUT2D eigenvalue weighted by molar-refractivity contribution is 7.09. The van der Waals surface area contributed by atoms with Gasteiger partial charge in [-0.1, -0.05) is 51.5 Å². The van der Waals surface area contributed by atoms with Crippen LogP contribution in [0.5, 0.6) is 5.75 Å². The zero-order valence-electron chi connectivity index (χ0n) is 22.2. The Labute approximate surface area is 227 Å². The number of amides is 2. The minimum absolute atomic E-state index is 0.237. The Hall–Kier alpha value is -3.87. The summed E-state index contributed by atoms with van der Waals surface area (Å²) in [6.07, 6.45) is -2.93. The van der Waals surface area contributed by atoms with Crippen LogP contribution in [0.4, 0.5) is 18.0 Å². The fraction of sp³-hybridized carbons (Fsp3) is 0.385. The lowest BCUT2D eigenvalue weighted by atomic mass is 9.98. The van der Waals surface area contributed by atoms with Crippen molar-refractivity contribution in [1.29, 1.82) is 0 Å². The molecule has 2 aromatic heterocycles. The molecule has 0 fully saturated rings. The van der Waals surface area contributed by atoms with E-state index in [4.69, 9.17) is 4.74 Å². The molecule has 9 nitrogen and oxygen atoms in total. The first-order valence-electron chi connectivity index (χ1n) is 12.1. The summed E-state index contributed by atoms with van der Waals surface area (Å²) in [4.78, 5) is 34.0. The number of hydrogen-bond donors (Lipinski definition) is 1. The van der Waals surface area contributed by atoms with E-state index in [0.717, 1.165) is 24.6 Å². The molecule has 208 valence electrons. The predicted molar refractivity (Wildman–Crippen MR) is 141 cm³/mol. The Morgan fingerprint density at radius 3 is 2.56 bits per heavy atom. The van der Waals surface area contributed by atoms with Gasteiger partial charge in [-0.25, -0.2) is 14.9 Å². The number of pyridine rings is 1. The SMILES string of the molecule is CCCCn1nc(C(C)(C)C)sc1=NC(=O)c1cc(C(F)(F)F)ccc1OC(=O)N/N=C/c1cccc(C)n1. The summed E-state index contributed by atoms with van der Waals surface area (Å²) < 4.78 is 47.1. The summed E-state index contributed by atoms with van der Waals surface area (Å²) in [5.74, 6) is -1.41. The van der Waals surface area contributed by atoms with Gasteiger partial charge in [-0.05, 0) is 43.7 Å². The van der Waals surface area contributed by atoms with E-state index in [2.05, 4.69) is 25.6 Å². The van der Waals surface area contributed by atoms with Gasteiger partial charge in [-0.15, -0.1) is 0 Å². The summed E-state index contributed by atoms with van der Waals surface area (Å²) in [6.45, 7) is 10.1. The van der Waals surface area contributed by atoms with Crippen molar-refractivity contribution < 1.29 is 27.5 Å². The van der Waals surface area contributed by atoms with E-state index >= 15 is 0 Å². The van der Waals surface area contributed by atoms with Crippen LogP contribution < -0.4 is 15.0 Å². The van der Waals surface area contributed by atoms with Gasteiger partial charge in [0.25, 0.3) is 5.91 Å². The second kappa shape index (κ2) is 12.3. The highest BCUT2D eigenvalue weighted by Crippen LogP contribution is 2.33. The molecule has 3 aromatic rings. The fourth-order valence-electron chi connectivity index (χ4n) is 3.17. The smallest absolute Gasteiger partial charge is 0.408 e. The van der Waals surface area contributed by atoms with Gasteiger partial charge in [0.15, 0.2) is 0 Å². The topological polar surface area (TPSA) is 111 Å². The molecule has 0 spiro atoms. The Bertz CT molecular complexity index is 1440. The molecule has 0 saturated heterocycles. The molecule has 1 N–H and O–H groups in total. The Kier molecular flexibility index (Phi) is 9.38. The molecule has 0 atom stereocenters. The molecular weight excluding hydrogens is 533 g/mol. The first kappa shape index (κ1) is 29.7. The molecule has 2 heterocycles. The number of unbranched alkanes of at least 4 members (excludes halogenated alkanes) is 1. The first-order chi connectivity index (χ1) is 18.3. The van der Waals surface area contributed by atoms with Gasteiger partial charge in [-0.3, -0.25) is 9.78 Å². The number of hydrazone groups is 1. The van der Waals surface area contributed by atoms with Crippen molar-refractivity contribution in [2.45, 2.75) is 65.6 Å². The van der Waals surface area contributed by atoms with Crippen molar-refractivity contribution >= 4 is 29.6 Å².